The fourth-order valence-corrected chi connectivity index (χ4v) is 4.24. The van der Waals surface area contributed by atoms with E-state index in [1.165, 1.54) is 6.42 Å². The van der Waals surface area contributed by atoms with Crippen LogP contribution >= 0.6 is 0 Å². The molecule has 1 aromatic heterocycles. The van der Waals surface area contributed by atoms with E-state index in [0.29, 0.717) is 43.6 Å². The van der Waals surface area contributed by atoms with E-state index in [4.69, 9.17) is 4.74 Å². The van der Waals surface area contributed by atoms with Crippen molar-refractivity contribution in [3.63, 3.8) is 0 Å². The van der Waals surface area contributed by atoms with Crippen LogP contribution in [0.2, 0.25) is 0 Å². The summed E-state index contributed by atoms with van der Waals surface area (Å²) < 4.78 is 6.96. The second kappa shape index (κ2) is 8.31. The van der Waals surface area contributed by atoms with Crippen molar-refractivity contribution in [1.29, 1.82) is 0 Å². The molecule has 1 saturated heterocycles. The molecule has 2 fully saturated rings. The van der Waals surface area contributed by atoms with Crippen LogP contribution in [0.15, 0.2) is 29.1 Å². The number of carbonyl (C=O) groups is 1. The van der Waals surface area contributed by atoms with E-state index in [-0.39, 0.29) is 24.1 Å². The third-order valence-electron chi connectivity index (χ3n) is 5.91. The average Bonchev–Trinajstić information content (AvgIpc) is 2.72. The Balaban J connectivity index is 1.64. The Bertz CT molecular complexity index is 904. The highest BCUT2D eigenvalue weighted by Crippen LogP contribution is 2.23. The standard InChI is InChI=1S/C21H28N4O3/c1-15-6-2-3-7-16(15)22-19(26)14-25-18-9-5-4-8-17(18)23-20(21(25)27)24-10-12-28-13-11-24/h4-5,8-9,15-16H,2-3,6-7,10-14H2,1H3,(H,22,26). The summed E-state index contributed by atoms with van der Waals surface area (Å²) in [4.78, 5) is 32.6. The maximum atomic E-state index is 13.2. The number of rotatable bonds is 4. The molecule has 7 nitrogen and oxygen atoms in total. The smallest absolute Gasteiger partial charge is 0.294 e. The molecule has 7 heteroatoms. The molecule has 28 heavy (non-hydrogen) atoms. The SMILES string of the molecule is CC1CCCCC1NC(=O)Cn1c(=O)c(N2CCOCC2)nc2ccccc21. The third kappa shape index (κ3) is 3.90. The van der Waals surface area contributed by atoms with Crippen molar-refractivity contribution in [1.82, 2.24) is 14.9 Å². The topological polar surface area (TPSA) is 76.5 Å². The van der Waals surface area contributed by atoms with Crippen LogP contribution in [0.25, 0.3) is 11.0 Å². The van der Waals surface area contributed by atoms with Crippen LogP contribution in [0, 0.1) is 5.92 Å². The predicted molar refractivity (Wildman–Crippen MR) is 109 cm³/mol. The number of para-hydroxylation sites is 2. The Hall–Kier alpha value is -2.41. The molecule has 2 aliphatic rings. The van der Waals surface area contributed by atoms with Gasteiger partial charge in [-0.3, -0.25) is 14.2 Å². The fraction of sp³-hybridized carbons (Fsp3) is 0.571. The molecule has 0 radical (unpaired) electrons. The quantitative estimate of drug-likeness (QED) is 0.872. The van der Waals surface area contributed by atoms with E-state index in [0.717, 1.165) is 24.8 Å². The maximum Gasteiger partial charge on any atom is 0.294 e. The first-order valence-corrected chi connectivity index (χ1v) is 10.2. The Morgan fingerprint density at radius 1 is 1.21 bits per heavy atom. The number of fused-ring (bicyclic) bond motifs is 1. The lowest BCUT2D eigenvalue weighted by atomic mass is 9.86. The summed E-state index contributed by atoms with van der Waals surface area (Å²) in [5.41, 5.74) is 1.20. The number of benzene rings is 1. The van der Waals surface area contributed by atoms with Gasteiger partial charge in [-0.1, -0.05) is 31.9 Å². The summed E-state index contributed by atoms with van der Waals surface area (Å²) in [5.74, 6) is 0.776. The summed E-state index contributed by atoms with van der Waals surface area (Å²) in [7, 11) is 0. The lowest BCUT2D eigenvalue weighted by Gasteiger charge is -2.30. The van der Waals surface area contributed by atoms with E-state index in [9.17, 15) is 9.59 Å². The summed E-state index contributed by atoms with van der Waals surface area (Å²) in [6, 6.07) is 7.70. The Labute approximate surface area is 164 Å². The van der Waals surface area contributed by atoms with Gasteiger partial charge in [0, 0.05) is 19.1 Å². The summed E-state index contributed by atoms with van der Waals surface area (Å²) in [6.45, 7) is 4.62. The van der Waals surface area contributed by atoms with Crippen LogP contribution in [0.4, 0.5) is 5.82 Å². The second-order valence-corrected chi connectivity index (χ2v) is 7.85. The molecule has 150 valence electrons. The highest BCUT2D eigenvalue weighted by Gasteiger charge is 2.24. The number of hydrogen-bond donors (Lipinski definition) is 1. The zero-order valence-corrected chi connectivity index (χ0v) is 16.4. The molecule has 1 amide bonds. The number of hydrogen-bond acceptors (Lipinski definition) is 5. The zero-order valence-electron chi connectivity index (χ0n) is 16.4. The maximum absolute atomic E-state index is 13.2. The van der Waals surface area contributed by atoms with E-state index >= 15 is 0 Å². The van der Waals surface area contributed by atoms with E-state index in [2.05, 4.69) is 17.2 Å². The van der Waals surface area contributed by atoms with Gasteiger partial charge >= 0.3 is 0 Å². The van der Waals surface area contributed by atoms with Crippen LogP contribution < -0.4 is 15.8 Å². The fourth-order valence-electron chi connectivity index (χ4n) is 4.24. The largest absolute Gasteiger partial charge is 0.378 e. The number of amides is 1. The van der Waals surface area contributed by atoms with Crippen molar-refractivity contribution in [2.75, 3.05) is 31.2 Å². The lowest BCUT2D eigenvalue weighted by molar-refractivity contribution is -0.122. The third-order valence-corrected chi connectivity index (χ3v) is 5.91. The minimum Gasteiger partial charge on any atom is -0.378 e. The number of anilines is 1. The van der Waals surface area contributed by atoms with Gasteiger partial charge in [-0.05, 0) is 30.9 Å². The highest BCUT2D eigenvalue weighted by atomic mass is 16.5. The number of ether oxygens (including phenoxy) is 1. The molecule has 2 atom stereocenters. The van der Waals surface area contributed by atoms with Gasteiger partial charge in [0.05, 0.1) is 24.2 Å². The van der Waals surface area contributed by atoms with Crippen LogP contribution in [0.5, 0.6) is 0 Å². The van der Waals surface area contributed by atoms with Crippen molar-refractivity contribution in [2.24, 2.45) is 5.92 Å². The van der Waals surface area contributed by atoms with Gasteiger partial charge in [-0.2, -0.15) is 0 Å². The number of aromatic nitrogens is 2. The van der Waals surface area contributed by atoms with Crippen molar-refractivity contribution in [3.8, 4) is 0 Å². The Morgan fingerprint density at radius 2 is 1.96 bits per heavy atom. The molecule has 1 N–H and O–H groups in total. The zero-order chi connectivity index (χ0) is 19.5. The molecule has 2 heterocycles. The van der Waals surface area contributed by atoms with Crippen molar-refractivity contribution < 1.29 is 9.53 Å². The summed E-state index contributed by atoms with van der Waals surface area (Å²) >= 11 is 0. The number of nitrogens with one attached hydrogen (secondary N) is 1. The highest BCUT2D eigenvalue weighted by molar-refractivity contribution is 5.81. The second-order valence-electron chi connectivity index (χ2n) is 7.85. The van der Waals surface area contributed by atoms with E-state index in [1.807, 2.05) is 29.2 Å². The molecular formula is C21H28N4O3. The van der Waals surface area contributed by atoms with Crippen LogP contribution in [-0.2, 0) is 16.1 Å². The molecule has 0 bridgehead atoms. The number of nitrogens with zero attached hydrogens (tertiary/aromatic N) is 3. The van der Waals surface area contributed by atoms with Crippen LogP contribution in [0.3, 0.4) is 0 Å². The van der Waals surface area contributed by atoms with Crippen molar-refractivity contribution in [2.45, 2.75) is 45.2 Å². The Kier molecular flexibility index (Phi) is 5.62. The van der Waals surface area contributed by atoms with Crippen molar-refractivity contribution in [3.05, 3.63) is 34.6 Å². The van der Waals surface area contributed by atoms with E-state index < -0.39 is 0 Å². The van der Waals surface area contributed by atoms with Crippen molar-refractivity contribution >= 4 is 22.8 Å². The molecule has 2 aromatic rings. The van der Waals surface area contributed by atoms with Gasteiger partial charge in [-0.25, -0.2) is 4.98 Å². The first-order chi connectivity index (χ1) is 13.6. The molecule has 1 aliphatic carbocycles. The Morgan fingerprint density at radius 3 is 2.75 bits per heavy atom. The lowest BCUT2D eigenvalue weighted by Crippen LogP contribution is -2.45. The molecule has 1 aliphatic heterocycles. The molecule has 1 saturated carbocycles. The van der Waals surface area contributed by atoms with Gasteiger partial charge in [0.25, 0.3) is 5.56 Å². The first kappa shape index (κ1) is 18.9. The molecular weight excluding hydrogens is 356 g/mol. The number of carbonyl (C=O) groups excluding carboxylic acids is 1. The van der Waals surface area contributed by atoms with E-state index in [1.54, 1.807) is 4.57 Å². The van der Waals surface area contributed by atoms with Gasteiger partial charge in [-0.15, -0.1) is 0 Å². The molecule has 2 unspecified atom stereocenters. The van der Waals surface area contributed by atoms with Gasteiger partial charge in [0.2, 0.25) is 5.91 Å². The minimum absolute atomic E-state index is 0.0163. The predicted octanol–water partition coefficient (Wildman–Crippen LogP) is 1.93. The van der Waals surface area contributed by atoms with Gasteiger partial charge in [0.15, 0.2) is 5.82 Å². The molecule has 1 aromatic carbocycles. The first-order valence-electron chi connectivity index (χ1n) is 10.2. The summed E-state index contributed by atoms with van der Waals surface area (Å²) in [6.07, 6.45) is 4.53. The molecule has 4 rings (SSSR count). The monoisotopic (exact) mass is 384 g/mol. The van der Waals surface area contributed by atoms with Crippen LogP contribution in [0.1, 0.15) is 32.6 Å². The average molecular weight is 384 g/mol. The molecule has 0 spiro atoms. The number of morpholine rings is 1. The summed E-state index contributed by atoms with van der Waals surface area (Å²) in [5, 5.41) is 3.16. The van der Waals surface area contributed by atoms with Gasteiger partial charge in [0.1, 0.15) is 6.54 Å². The van der Waals surface area contributed by atoms with Gasteiger partial charge < -0.3 is 15.0 Å². The van der Waals surface area contributed by atoms with Crippen LogP contribution in [-0.4, -0.2) is 47.8 Å². The normalized spacial score (nSPS) is 23.0. The minimum atomic E-state index is -0.215.